The first kappa shape index (κ1) is 15.3. The lowest BCUT2D eigenvalue weighted by molar-refractivity contribution is -0.122. The number of thiazole rings is 1. The van der Waals surface area contributed by atoms with Gasteiger partial charge in [-0.2, -0.15) is 0 Å². The second-order valence-electron chi connectivity index (χ2n) is 6.74. The fraction of sp³-hybridized carbons (Fsp3) is 0.389. The van der Waals surface area contributed by atoms with Crippen LogP contribution in [0.3, 0.4) is 0 Å². The van der Waals surface area contributed by atoms with Gasteiger partial charge in [0.25, 0.3) is 5.91 Å². The largest absolute Gasteiger partial charge is 0.368 e. The zero-order valence-corrected chi connectivity index (χ0v) is 14.5. The van der Waals surface area contributed by atoms with Gasteiger partial charge < -0.3 is 10.6 Å². The molecule has 1 saturated heterocycles. The molecule has 124 valence electrons. The van der Waals surface area contributed by atoms with Crippen LogP contribution in [0.1, 0.15) is 27.5 Å². The third-order valence-corrected chi connectivity index (χ3v) is 5.97. The van der Waals surface area contributed by atoms with E-state index in [4.69, 9.17) is 5.73 Å². The van der Waals surface area contributed by atoms with Gasteiger partial charge in [-0.05, 0) is 37.7 Å². The molecule has 1 saturated carbocycles. The van der Waals surface area contributed by atoms with E-state index in [2.05, 4.69) is 4.98 Å². The van der Waals surface area contributed by atoms with E-state index in [1.54, 1.807) is 4.90 Å². The Hall–Kier alpha value is -2.21. The standard InChI is InChI=1S/C18H19N3O2S/c1-9-3-5-11(6-4-9)16-14(20-10(2)24-16)18(23)21-8-12-7-13(12)15(21)17(19)22/h3-6,12-13,15H,7-8H2,1-2H3,(H2,19,22)/t12-,13-,15-/m0/s1. The molecule has 0 unspecified atom stereocenters. The van der Waals surface area contributed by atoms with Crippen molar-refractivity contribution in [3.05, 3.63) is 40.5 Å². The van der Waals surface area contributed by atoms with Crippen LogP contribution in [0, 0.1) is 25.7 Å². The van der Waals surface area contributed by atoms with E-state index < -0.39 is 11.9 Å². The maximum absolute atomic E-state index is 13.1. The number of hydrogen-bond acceptors (Lipinski definition) is 4. The predicted molar refractivity (Wildman–Crippen MR) is 92.6 cm³/mol. The topological polar surface area (TPSA) is 76.3 Å². The molecule has 0 bridgehead atoms. The second kappa shape index (κ2) is 5.41. The van der Waals surface area contributed by atoms with Gasteiger partial charge in [0.15, 0.2) is 0 Å². The maximum atomic E-state index is 13.1. The summed E-state index contributed by atoms with van der Waals surface area (Å²) in [5, 5.41) is 0.842. The second-order valence-corrected chi connectivity index (χ2v) is 7.94. The lowest BCUT2D eigenvalue weighted by Crippen LogP contribution is -2.46. The van der Waals surface area contributed by atoms with Crippen LogP contribution in [0.5, 0.6) is 0 Å². The molecule has 1 aliphatic heterocycles. The number of likely N-dealkylation sites (tertiary alicyclic amines) is 1. The number of benzene rings is 1. The summed E-state index contributed by atoms with van der Waals surface area (Å²) in [6.07, 6.45) is 0.998. The first-order chi connectivity index (χ1) is 11.5. The minimum atomic E-state index is -0.477. The molecule has 2 fully saturated rings. The summed E-state index contributed by atoms with van der Waals surface area (Å²) < 4.78 is 0. The zero-order chi connectivity index (χ0) is 17.0. The molecule has 4 rings (SSSR count). The highest BCUT2D eigenvalue weighted by atomic mass is 32.1. The van der Waals surface area contributed by atoms with Crippen molar-refractivity contribution in [1.82, 2.24) is 9.88 Å². The molecular formula is C18H19N3O2S. The Kier molecular flexibility index (Phi) is 3.46. The molecule has 0 spiro atoms. The van der Waals surface area contributed by atoms with E-state index in [0.29, 0.717) is 18.2 Å². The number of primary amides is 1. The third-order valence-electron chi connectivity index (χ3n) is 4.95. The van der Waals surface area contributed by atoms with Crippen molar-refractivity contribution in [2.75, 3.05) is 6.54 Å². The van der Waals surface area contributed by atoms with Crippen molar-refractivity contribution in [3.63, 3.8) is 0 Å². The zero-order valence-electron chi connectivity index (χ0n) is 13.7. The van der Waals surface area contributed by atoms with E-state index in [9.17, 15) is 9.59 Å². The quantitative estimate of drug-likeness (QED) is 0.931. The summed E-state index contributed by atoms with van der Waals surface area (Å²) in [4.78, 5) is 31.8. The maximum Gasteiger partial charge on any atom is 0.274 e. The van der Waals surface area contributed by atoms with Gasteiger partial charge in [-0.25, -0.2) is 4.98 Å². The molecule has 6 heteroatoms. The average Bonchev–Trinajstić information content (AvgIpc) is 3.02. The third kappa shape index (κ3) is 2.41. The van der Waals surface area contributed by atoms with Gasteiger partial charge in [-0.1, -0.05) is 29.8 Å². The van der Waals surface area contributed by atoms with Crippen molar-refractivity contribution in [3.8, 4) is 10.4 Å². The number of nitrogens with two attached hydrogens (primary N) is 1. The molecule has 1 aromatic heterocycles. The molecule has 1 aromatic carbocycles. The average molecular weight is 341 g/mol. The van der Waals surface area contributed by atoms with E-state index in [1.165, 1.54) is 16.9 Å². The Bertz CT molecular complexity index is 827. The van der Waals surface area contributed by atoms with Crippen LogP contribution in [0.2, 0.25) is 0 Å². The van der Waals surface area contributed by atoms with Gasteiger partial charge in [0.1, 0.15) is 11.7 Å². The summed E-state index contributed by atoms with van der Waals surface area (Å²) >= 11 is 1.51. The molecule has 2 aliphatic rings. The van der Waals surface area contributed by atoms with Gasteiger partial charge in [-0.15, -0.1) is 11.3 Å². The number of amides is 2. The van der Waals surface area contributed by atoms with Gasteiger partial charge in [0.2, 0.25) is 5.91 Å². The fourth-order valence-corrected chi connectivity index (χ4v) is 4.56. The number of carbonyl (C=O) groups excluding carboxylic acids is 2. The summed E-state index contributed by atoms with van der Waals surface area (Å²) in [7, 11) is 0. The number of piperidine rings is 1. The van der Waals surface area contributed by atoms with Crippen molar-refractivity contribution >= 4 is 23.2 Å². The first-order valence-electron chi connectivity index (χ1n) is 8.10. The molecule has 1 aliphatic carbocycles. The van der Waals surface area contributed by atoms with Crippen LogP contribution in [0.15, 0.2) is 24.3 Å². The highest BCUT2D eigenvalue weighted by Gasteiger charge is 2.56. The molecule has 3 atom stereocenters. The molecule has 5 nitrogen and oxygen atoms in total. The summed E-state index contributed by atoms with van der Waals surface area (Å²) in [6, 6.07) is 7.58. The van der Waals surface area contributed by atoms with Crippen molar-refractivity contribution in [1.29, 1.82) is 0 Å². The van der Waals surface area contributed by atoms with Gasteiger partial charge in [0.05, 0.1) is 9.88 Å². The molecule has 24 heavy (non-hydrogen) atoms. The van der Waals surface area contributed by atoms with Crippen LogP contribution in [-0.2, 0) is 4.79 Å². The number of carbonyl (C=O) groups is 2. The van der Waals surface area contributed by atoms with E-state index >= 15 is 0 Å². The lowest BCUT2D eigenvalue weighted by atomic mass is 10.1. The number of rotatable bonds is 3. The van der Waals surface area contributed by atoms with E-state index in [0.717, 1.165) is 21.9 Å². The summed E-state index contributed by atoms with van der Waals surface area (Å²) in [5.41, 5.74) is 8.13. The molecule has 2 aromatic rings. The Morgan fingerprint density at radius 3 is 2.62 bits per heavy atom. The summed E-state index contributed by atoms with van der Waals surface area (Å²) in [6.45, 7) is 4.54. The van der Waals surface area contributed by atoms with Gasteiger partial charge in [-0.3, -0.25) is 9.59 Å². The molecule has 2 heterocycles. The van der Waals surface area contributed by atoms with Crippen molar-refractivity contribution in [2.24, 2.45) is 17.6 Å². The SMILES string of the molecule is Cc1ccc(-c2sc(C)nc2C(=O)N2C[C@@H]3C[C@@H]3[C@H]2C(N)=O)cc1. The molecular weight excluding hydrogens is 322 g/mol. The predicted octanol–water partition coefficient (Wildman–Crippen LogP) is 2.37. The number of nitrogens with zero attached hydrogens (tertiary/aromatic N) is 2. The van der Waals surface area contributed by atoms with Crippen molar-refractivity contribution in [2.45, 2.75) is 26.3 Å². The number of hydrogen-bond donors (Lipinski definition) is 1. The lowest BCUT2D eigenvalue weighted by Gasteiger charge is -2.24. The van der Waals surface area contributed by atoms with Gasteiger partial charge in [0, 0.05) is 6.54 Å². The smallest absolute Gasteiger partial charge is 0.274 e. The van der Waals surface area contributed by atoms with E-state index in [1.807, 2.05) is 38.1 Å². The summed E-state index contributed by atoms with van der Waals surface area (Å²) in [5.74, 6) is 0.0890. The van der Waals surface area contributed by atoms with Crippen LogP contribution >= 0.6 is 11.3 Å². The number of aromatic nitrogens is 1. The Morgan fingerprint density at radius 2 is 1.96 bits per heavy atom. The minimum Gasteiger partial charge on any atom is -0.368 e. The van der Waals surface area contributed by atoms with Crippen LogP contribution < -0.4 is 5.73 Å². The van der Waals surface area contributed by atoms with Crippen molar-refractivity contribution < 1.29 is 9.59 Å². The monoisotopic (exact) mass is 341 g/mol. The van der Waals surface area contributed by atoms with Gasteiger partial charge >= 0.3 is 0 Å². The highest BCUT2D eigenvalue weighted by Crippen LogP contribution is 2.50. The highest BCUT2D eigenvalue weighted by molar-refractivity contribution is 7.15. The minimum absolute atomic E-state index is 0.175. The first-order valence-corrected chi connectivity index (χ1v) is 8.92. The van der Waals surface area contributed by atoms with E-state index in [-0.39, 0.29) is 11.8 Å². The number of fused-ring (bicyclic) bond motifs is 1. The van der Waals surface area contributed by atoms with Crippen LogP contribution in [0.4, 0.5) is 0 Å². The van der Waals surface area contributed by atoms with Crippen LogP contribution in [-0.4, -0.2) is 34.3 Å². The Balaban J connectivity index is 1.70. The normalized spacial score (nSPS) is 24.8. The molecule has 2 N–H and O–H groups in total. The Labute approximate surface area is 144 Å². The van der Waals surface area contributed by atoms with Crippen LogP contribution in [0.25, 0.3) is 10.4 Å². The Morgan fingerprint density at radius 1 is 1.25 bits per heavy atom. The molecule has 2 amide bonds. The number of aryl methyl sites for hydroxylation is 2. The molecule has 0 radical (unpaired) electrons. The fourth-order valence-electron chi connectivity index (χ4n) is 3.65.